The van der Waals surface area contributed by atoms with Gasteiger partial charge in [0.1, 0.15) is 5.82 Å². The molecule has 0 bridgehead atoms. The highest BCUT2D eigenvalue weighted by molar-refractivity contribution is 5.33. The first-order valence-corrected chi connectivity index (χ1v) is 7.13. The van der Waals surface area contributed by atoms with Crippen LogP contribution in [-0.4, -0.2) is 18.0 Å². The molecule has 0 atom stereocenters. The maximum absolute atomic E-state index is 13.4. The van der Waals surface area contributed by atoms with Gasteiger partial charge in [0.15, 0.2) is 0 Å². The van der Waals surface area contributed by atoms with Crippen molar-refractivity contribution in [2.45, 2.75) is 39.2 Å². The van der Waals surface area contributed by atoms with Crippen molar-refractivity contribution in [3.8, 4) is 6.07 Å². The highest BCUT2D eigenvalue weighted by Gasteiger charge is 2.18. The Balaban J connectivity index is 1.92. The molecule has 0 spiro atoms. The zero-order chi connectivity index (χ0) is 13.7. The minimum absolute atomic E-state index is 0.310. The van der Waals surface area contributed by atoms with E-state index >= 15 is 0 Å². The number of piperidine rings is 1. The predicted octanol–water partition coefficient (Wildman–Crippen LogP) is 3.71. The Morgan fingerprint density at radius 2 is 2.05 bits per heavy atom. The van der Waals surface area contributed by atoms with Crippen LogP contribution in [0.4, 0.5) is 4.39 Å². The highest BCUT2D eigenvalue weighted by atomic mass is 19.1. The molecule has 0 amide bonds. The second-order valence-electron chi connectivity index (χ2n) is 5.47. The second-order valence-corrected chi connectivity index (χ2v) is 5.47. The summed E-state index contributed by atoms with van der Waals surface area (Å²) in [5, 5.41) is 8.86. The maximum Gasteiger partial charge on any atom is 0.124 e. The average molecular weight is 260 g/mol. The Labute approximate surface area is 114 Å². The molecule has 1 aliphatic rings. The molecule has 0 aliphatic carbocycles. The van der Waals surface area contributed by atoms with Crippen molar-refractivity contribution in [2.24, 2.45) is 5.92 Å². The molecule has 0 radical (unpaired) electrons. The molecule has 3 heteroatoms. The van der Waals surface area contributed by atoms with E-state index in [1.807, 2.05) is 6.07 Å². The number of benzene rings is 1. The van der Waals surface area contributed by atoms with Crippen LogP contribution in [-0.2, 0) is 6.54 Å². The first-order chi connectivity index (χ1) is 9.21. The SMILES string of the molecule is CCCC1CCN(Cc2cc(F)cc(C#N)c2)CC1. The van der Waals surface area contributed by atoms with Gasteiger partial charge >= 0.3 is 0 Å². The molecular weight excluding hydrogens is 239 g/mol. The molecule has 0 unspecified atom stereocenters. The van der Waals surface area contributed by atoms with E-state index in [1.165, 1.54) is 31.7 Å². The lowest BCUT2D eigenvalue weighted by Crippen LogP contribution is -2.33. The van der Waals surface area contributed by atoms with Crippen molar-refractivity contribution < 1.29 is 4.39 Å². The molecule has 102 valence electrons. The standard InChI is InChI=1S/C16H21FN2/c1-2-3-13-4-6-19(7-5-13)12-15-8-14(11-18)9-16(17)10-15/h8-10,13H,2-7,12H2,1H3. The van der Waals surface area contributed by atoms with Crippen LogP contribution in [0.5, 0.6) is 0 Å². The molecule has 1 saturated heterocycles. The third-order valence-electron chi connectivity index (χ3n) is 3.90. The van der Waals surface area contributed by atoms with Crippen molar-refractivity contribution >= 4 is 0 Å². The topological polar surface area (TPSA) is 27.0 Å². The highest BCUT2D eigenvalue weighted by Crippen LogP contribution is 2.23. The molecule has 0 aromatic heterocycles. The molecular formula is C16H21FN2. The summed E-state index contributed by atoms with van der Waals surface area (Å²) in [5.74, 6) is 0.554. The number of halogens is 1. The molecule has 1 fully saturated rings. The van der Waals surface area contributed by atoms with E-state index in [1.54, 1.807) is 12.1 Å². The fourth-order valence-corrected chi connectivity index (χ4v) is 2.91. The van der Waals surface area contributed by atoms with E-state index in [4.69, 9.17) is 5.26 Å². The molecule has 19 heavy (non-hydrogen) atoms. The first kappa shape index (κ1) is 14.0. The molecule has 0 saturated carbocycles. The van der Waals surface area contributed by atoms with Crippen molar-refractivity contribution in [2.75, 3.05) is 13.1 Å². The summed E-state index contributed by atoms with van der Waals surface area (Å²) in [7, 11) is 0. The minimum Gasteiger partial charge on any atom is -0.299 e. The van der Waals surface area contributed by atoms with E-state index in [2.05, 4.69) is 11.8 Å². The van der Waals surface area contributed by atoms with Crippen LogP contribution in [0.3, 0.4) is 0 Å². The Bertz CT molecular complexity index is 456. The number of hydrogen-bond acceptors (Lipinski definition) is 2. The number of nitrogens with zero attached hydrogens (tertiary/aromatic N) is 2. The average Bonchev–Trinajstić information content (AvgIpc) is 2.40. The van der Waals surface area contributed by atoms with Gasteiger partial charge in [-0.2, -0.15) is 5.26 Å². The molecule has 0 N–H and O–H groups in total. The summed E-state index contributed by atoms with van der Waals surface area (Å²) >= 11 is 0. The van der Waals surface area contributed by atoms with E-state index < -0.39 is 0 Å². The number of rotatable bonds is 4. The fraction of sp³-hybridized carbons (Fsp3) is 0.562. The smallest absolute Gasteiger partial charge is 0.124 e. The van der Waals surface area contributed by atoms with Gasteiger partial charge in [0.05, 0.1) is 11.6 Å². The monoisotopic (exact) mass is 260 g/mol. The van der Waals surface area contributed by atoms with Crippen LogP contribution in [0, 0.1) is 23.1 Å². The van der Waals surface area contributed by atoms with E-state index in [-0.39, 0.29) is 5.82 Å². The molecule has 2 nitrogen and oxygen atoms in total. The zero-order valence-corrected chi connectivity index (χ0v) is 11.5. The Kier molecular flexibility index (Phi) is 4.93. The Morgan fingerprint density at radius 3 is 2.68 bits per heavy atom. The number of nitriles is 1. The second kappa shape index (κ2) is 6.68. The summed E-state index contributed by atoms with van der Waals surface area (Å²) in [6.07, 6.45) is 5.08. The van der Waals surface area contributed by atoms with Gasteiger partial charge in [-0.05, 0) is 55.6 Å². The Morgan fingerprint density at radius 1 is 1.32 bits per heavy atom. The Hall–Kier alpha value is -1.40. The fourth-order valence-electron chi connectivity index (χ4n) is 2.91. The van der Waals surface area contributed by atoms with Crippen molar-refractivity contribution in [1.82, 2.24) is 4.90 Å². The van der Waals surface area contributed by atoms with E-state index in [0.29, 0.717) is 5.56 Å². The van der Waals surface area contributed by atoms with E-state index in [0.717, 1.165) is 31.1 Å². The van der Waals surface area contributed by atoms with Crippen molar-refractivity contribution in [3.63, 3.8) is 0 Å². The van der Waals surface area contributed by atoms with Gasteiger partial charge in [-0.15, -0.1) is 0 Å². The van der Waals surface area contributed by atoms with Crippen molar-refractivity contribution in [3.05, 3.63) is 35.1 Å². The minimum atomic E-state index is -0.310. The molecule has 1 aromatic carbocycles. The first-order valence-electron chi connectivity index (χ1n) is 7.13. The van der Waals surface area contributed by atoms with Crippen LogP contribution in [0.1, 0.15) is 43.7 Å². The zero-order valence-electron chi connectivity index (χ0n) is 11.5. The van der Waals surface area contributed by atoms with Crippen LogP contribution in [0.25, 0.3) is 0 Å². The van der Waals surface area contributed by atoms with Gasteiger partial charge in [-0.1, -0.05) is 19.8 Å². The summed E-state index contributed by atoms with van der Waals surface area (Å²) in [6, 6.07) is 6.63. The van der Waals surface area contributed by atoms with Gasteiger partial charge in [-0.3, -0.25) is 4.90 Å². The normalized spacial score (nSPS) is 17.3. The van der Waals surface area contributed by atoms with E-state index in [9.17, 15) is 4.39 Å². The lowest BCUT2D eigenvalue weighted by atomic mass is 9.92. The number of hydrogen-bond donors (Lipinski definition) is 0. The summed E-state index contributed by atoms with van der Waals surface area (Å²) in [5.41, 5.74) is 1.32. The molecule has 1 aliphatic heterocycles. The van der Waals surface area contributed by atoms with Gasteiger partial charge in [0, 0.05) is 6.54 Å². The maximum atomic E-state index is 13.4. The van der Waals surface area contributed by atoms with Crippen LogP contribution < -0.4 is 0 Å². The molecule has 2 rings (SSSR count). The largest absolute Gasteiger partial charge is 0.299 e. The van der Waals surface area contributed by atoms with Crippen molar-refractivity contribution in [1.29, 1.82) is 5.26 Å². The lowest BCUT2D eigenvalue weighted by Gasteiger charge is -2.31. The number of likely N-dealkylation sites (tertiary alicyclic amines) is 1. The third-order valence-corrected chi connectivity index (χ3v) is 3.90. The summed E-state index contributed by atoms with van der Waals surface area (Å²) < 4.78 is 13.4. The predicted molar refractivity (Wildman–Crippen MR) is 74.0 cm³/mol. The van der Waals surface area contributed by atoms with Crippen LogP contribution in [0.15, 0.2) is 18.2 Å². The van der Waals surface area contributed by atoms with Gasteiger partial charge in [0.2, 0.25) is 0 Å². The molecule has 1 heterocycles. The van der Waals surface area contributed by atoms with Gasteiger partial charge < -0.3 is 0 Å². The van der Waals surface area contributed by atoms with Gasteiger partial charge in [-0.25, -0.2) is 4.39 Å². The lowest BCUT2D eigenvalue weighted by molar-refractivity contribution is 0.171. The summed E-state index contributed by atoms with van der Waals surface area (Å²) in [4.78, 5) is 2.36. The quantitative estimate of drug-likeness (QED) is 0.825. The van der Waals surface area contributed by atoms with Crippen LogP contribution in [0.2, 0.25) is 0 Å². The summed E-state index contributed by atoms with van der Waals surface area (Å²) in [6.45, 7) is 5.17. The molecule has 1 aromatic rings. The third kappa shape index (κ3) is 4.04. The van der Waals surface area contributed by atoms with Crippen LogP contribution >= 0.6 is 0 Å². The van der Waals surface area contributed by atoms with Gasteiger partial charge in [0.25, 0.3) is 0 Å².